The second-order valence-corrected chi connectivity index (χ2v) is 5.46. The molecule has 0 spiro atoms. The predicted molar refractivity (Wildman–Crippen MR) is 75.0 cm³/mol. The predicted octanol–water partition coefficient (Wildman–Crippen LogP) is 2.32. The summed E-state index contributed by atoms with van der Waals surface area (Å²) in [6, 6.07) is 6.61. The van der Waals surface area contributed by atoms with E-state index in [4.69, 9.17) is 0 Å². The van der Waals surface area contributed by atoms with Crippen LogP contribution in [0.4, 0.5) is 0 Å². The number of fused-ring (bicyclic) bond motifs is 1. The van der Waals surface area contributed by atoms with Crippen molar-refractivity contribution in [3.63, 3.8) is 0 Å². The van der Waals surface area contributed by atoms with Gasteiger partial charge in [0.05, 0.1) is 11.2 Å². The molecule has 1 saturated carbocycles. The van der Waals surface area contributed by atoms with Gasteiger partial charge >= 0.3 is 0 Å². The molecule has 1 aliphatic rings. The zero-order valence-electron chi connectivity index (χ0n) is 11.4. The third-order valence-electron chi connectivity index (χ3n) is 3.85. The SMILES string of the molecule is Cc1ccc2c(c1)c(C)nn2CC(=O)NC1CCC1. The van der Waals surface area contributed by atoms with Crippen molar-refractivity contribution in [2.75, 3.05) is 0 Å². The molecule has 100 valence electrons. The Morgan fingerprint density at radius 1 is 1.42 bits per heavy atom. The van der Waals surface area contributed by atoms with Crippen LogP contribution < -0.4 is 5.32 Å². The Balaban J connectivity index is 1.82. The molecule has 1 N–H and O–H groups in total. The van der Waals surface area contributed by atoms with Crippen molar-refractivity contribution >= 4 is 16.8 Å². The van der Waals surface area contributed by atoms with Crippen molar-refractivity contribution in [1.29, 1.82) is 0 Å². The maximum absolute atomic E-state index is 12.0. The van der Waals surface area contributed by atoms with Crippen molar-refractivity contribution in [3.8, 4) is 0 Å². The molecule has 3 rings (SSSR count). The van der Waals surface area contributed by atoms with Crippen LogP contribution in [0.15, 0.2) is 18.2 Å². The Morgan fingerprint density at radius 3 is 2.89 bits per heavy atom. The molecule has 4 nitrogen and oxygen atoms in total. The van der Waals surface area contributed by atoms with Crippen LogP contribution >= 0.6 is 0 Å². The number of nitrogens with one attached hydrogen (secondary N) is 1. The van der Waals surface area contributed by atoms with Gasteiger partial charge in [-0.05, 0) is 45.2 Å². The van der Waals surface area contributed by atoms with E-state index in [1.165, 1.54) is 12.0 Å². The molecule has 1 aromatic heterocycles. The minimum atomic E-state index is 0.0645. The number of carbonyl (C=O) groups excluding carboxylic acids is 1. The van der Waals surface area contributed by atoms with Crippen LogP contribution in [0.2, 0.25) is 0 Å². The lowest BCUT2D eigenvalue weighted by molar-refractivity contribution is -0.123. The van der Waals surface area contributed by atoms with Gasteiger partial charge in [0.15, 0.2) is 0 Å². The first-order valence-corrected chi connectivity index (χ1v) is 6.86. The van der Waals surface area contributed by atoms with E-state index < -0.39 is 0 Å². The summed E-state index contributed by atoms with van der Waals surface area (Å²) < 4.78 is 1.80. The van der Waals surface area contributed by atoms with E-state index >= 15 is 0 Å². The lowest BCUT2D eigenvalue weighted by Gasteiger charge is -2.26. The van der Waals surface area contributed by atoms with Crippen LogP contribution in [0, 0.1) is 13.8 Å². The lowest BCUT2D eigenvalue weighted by atomic mass is 9.93. The quantitative estimate of drug-likeness (QED) is 0.917. The second kappa shape index (κ2) is 4.68. The van der Waals surface area contributed by atoms with Crippen LogP contribution in [0.25, 0.3) is 10.9 Å². The summed E-state index contributed by atoms with van der Waals surface area (Å²) in [5, 5.41) is 8.66. The molecule has 0 saturated heterocycles. The number of aromatic nitrogens is 2. The number of amides is 1. The largest absolute Gasteiger partial charge is 0.352 e. The number of hydrogen-bond acceptors (Lipinski definition) is 2. The first-order chi connectivity index (χ1) is 9.13. The number of aryl methyl sites for hydroxylation is 2. The van der Waals surface area contributed by atoms with Gasteiger partial charge in [-0.15, -0.1) is 0 Å². The molecular weight excluding hydrogens is 238 g/mol. The number of nitrogens with zero attached hydrogens (tertiary/aromatic N) is 2. The van der Waals surface area contributed by atoms with Crippen molar-refractivity contribution < 1.29 is 4.79 Å². The number of rotatable bonds is 3. The molecule has 1 aromatic carbocycles. The zero-order chi connectivity index (χ0) is 13.4. The normalized spacial score (nSPS) is 15.5. The molecule has 0 atom stereocenters. The summed E-state index contributed by atoms with van der Waals surface area (Å²) in [5.74, 6) is 0.0645. The van der Waals surface area contributed by atoms with Gasteiger partial charge in [0, 0.05) is 11.4 Å². The van der Waals surface area contributed by atoms with E-state index in [1.807, 2.05) is 13.0 Å². The first-order valence-electron chi connectivity index (χ1n) is 6.86. The summed E-state index contributed by atoms with van der Waals surface area (Å²) >= 11 is 0. The summed E-state index contributed by atoms with van der Waals surface area (Å²) in [4.78, 5) is 12.0. The van der Waals surface area contributed by atoms with E-state index in [0.717, 1.165) is 29.4 Å². The van der Waals surface area contributed by atoms with Crippen molar-refractivity contribution in [1.82, 2.24) is 15.1 Å². The molecule has 4 heteroatoms. The average Bonchev–Trinajstić information content (AvgIpc) is 2.61. The fourth-order valence-electron chi connectivity index (χ4n) is 2.54. The molecule has 0 unspecified atom stereocenters. The highest BCUT2D eigenvalue weighted by atomic mass is 16.2. The monoisotopic (exact) mass is 257 g/mol. The van der Waals surface area contributed by atoms with Crippen molar-refractivity contribution in [2.45, 2.75) is 45.7 Å². The topological polar surface area (TPSA) is 46.9 Å². The summed E-state index contributed by atoms with van der Waals surface area (Å²) in [7, 11) is 0. The van der Waals surface area contributed by atoms with Gasteiger partial charge in [-0.3, -0.25) is 9.48 Å². The van der Waals surface area contributed by atoms with Crippen LogP contribution in [0.5, 0.6) is 0 Å². The van der Waals surface area contributed by atoms with Gasteiger partial charge in [0.2, 0.25) is 5.91 Å². The van der Waals surface area contributed by atoms with E-state index in [9.17, 15) is 4.79 Å². The molecule has 0 radical (unpaired) electrons. The van der Waals surface area contributed by atoms with Gasteiger partial charge in [0.25, 0.3) is 0 Å². The van der Waals surface area contributed by atoms with Gasteiger partial charge in [-0.25, -0.2) is 0 Å². The molecule has 19 heavy (non-hydrogen) atoms. The highest BCUT2D eigenvalue weighted by Crippen LogP contribution is 2.20. The van der Waals surface area contributed by atoms with Gasteiger partial charge < -0.3 is 5.32 Å². The molecule has 1 amide bonds. The summed E-state index contributed by atoms with van der Waals surface area (Å²) in [6.07, 6.45) is 3.46. The zero-order valence-corrected chi connectivity index (χ0v) is 11.4. The summed E-state index contributed by atoms with van der Waals surface area (Å²) in [5.41, 5.74) is 3.23. The van der Waals surface area contributed by atoms with Gasteiger partial charge in [0.1, 0.15) is 6.54 Å². The third-order valence-corrected chi connectivity index (χ3v) is 3.85. The highest BCUT2D eigenvalue weighted by Gasteiger charge is 2.20. The van der Waals surface area contributed by atoms with Crippen LogP contribution in [0.1, 0.15) is 30.5 Å². The Hall–Kier alpha value is -1.84. The lowest BCUT2D eigenvalue weighted by Crippen LogP contribution is -2.41. The highest BCUT2D eigenvalue weighted by molar-refractivity contribution is 5.84. The molecule has 0 bridgehead atoms. The van der Waals surface area contributed by atoms with Crippen molar-refractivity contribution in [2.24, 2.45) is 0 Å². The number of carbonyl (C=O) groups is 1. The molecule has 2 aromatic rings. The maximum Gasteiger partial charge on any atom is 0.241 e. The Kier molecular flexibility index (Phi) is 3.01. The Labute approximate surface area is 112 Å². The fourth-order valence-corrected chi connectivity index (χ4v) is 2.54. The Morgan fingerprint density at radius 2 is 2.21 bits per heavy atom. The Bertz CT molecular complexity index is 626. The average molecular weight is 257 g/mol. The van der Waals surface area contributed by atoms with E-state index in [1.54, 1.807) is 4.68 Å². The molecule has 1 heterocycles. The number of hydrogen-bond donors (Lipinski definition) is 1. The molecule has 1 fully saturated rings. The van der Waals surface area contributed by atoms with Crippen LogP contribution in [0.3, 0.4) is 0 Å². The fraction of sp³-hybridized carbons (Fsp3) is 0.467. The standard InChI is InChI=1S/C15H19N3O/c1-10-6-7-14-13(8-10)11(2)17-18(14)9-15(19)16-12-4-3-5-12/h6-8,12H,3-5,9H2,1-2H3,(H,16,19). The smallest absolute Gasteiger partial charge is 0.241 e. The summed E-state index contributed by atoms with van der Waals surface area (Å²) in [6.45, 7) is 4.37. The van der Waals surface area contributed by atoms with Crippen LogP contribution in [-0.4, -0.2) is 21.7 Å². The third kappa shape index (κ3) is 2.35. The van der Waals surface area contributed by atoms with Crippen molar-refractivity contribution in [3.05, 3.63) is 29.5 Å². The molecular formula is C15H19N3O. The van der Waals surface area contributed by atoms with E-state index in [-0.39, 0.29) is 5.91 Å². The minimum Gasteiger partial charge on any atom is -0.352 e. The van der Waals surface area contributed by atoms with E-state index in [2.05, 4.69) is 29.5 Å². The van der Waals surface area contributed by atoms with Crippen LogP contribution in [-0.2, 0) is 11.3 Å². The van der Waals surface area contributed by atoms with Gasteiger partial charge in [-0.2, -0.15) is 5.10 Å². The second-order valence-electron chi connectivity index (χ2n) is 5.46. The maximum atomic E-state index is 12.0. The number of benzene rings is 1. The van der Waals surface area contributed by atoms with Gasteiger partial charge in [-0.1, -0.05) is 11.6 Å². The first kappa shape index (κ1) is 12.2. The molecule has 0 aliphatic heterocycles. The van der Waals surface area contributed by atoms with E-state index in [0.29, 0.717) is 12.6 Å². The molecule has 1 aliphatic carbocycles. The minimum absolute atomic E-state index is 0.0645.